The summed E-state index contributed by atoms with van der Waals surface area (Å²) < 4.78 is 30.8. The summed E-state index contributed by atoms with van der Waals surface area (Å²) in [6.07, 6.45) is 1.68. The van der Waals surface area contributed by atoms with Crippen LogP contribution >= 0.6 is 0 Å². The first kappa shape index (κ1) is 25.7. The van der Waals surface area contributed by atoms with Crippen molar-refractivity contribution in [1.29, 1.82) is 0 Å². The molecule has 1 aromatic heterocycles. The second kappa shape index (κ2) is 12.5. The van der Waals surface area contributed by atoms with Crippen molar-refractivity contribution in [1.82, 2.24) is 14.9 Å². The topological polar surface area (TPSA) is 70.9 Å². The Kier molecular flexibility index (Phi) is 9.73. The molecule has 1 heterocycles. The number of likely N-dealkylation sites (N-methyl/N-ethyl adjacent to an activating group) is 1. The lowest BCUT2D eigenvalue weighted by Crippen LogP contribution is -2.42. The van der Waals surface area contributed by atoms with Crippen LogP contribution in [0.15, 0.2) is 35.7 Å². The van der Waals surface area contributed by atoms with E-state index >= 15 is 0 Å². The normalized spacial score (nSPS) is 11.8. The highest BCUT2D eigenvalue weighted by Gasteiger charge is 2.24. The molecule has 0 saturated heterocycles. The number of carbonyl (C=O) groups excluding carboxylic acids is 1. The van der Waals surface area contributed by atoms with Crippen molar-refractivity contribution >= 4 is 17.8 Å². The molecule has 1 amide bonds. The predicted octanol–water partition coefficient (Wildman–Crippen LogP) is 4.49. The molecule has 0 N–H and O–H groups in total. The molecule has 0 bridgehead atoms. The van der Waals surface area contributed by atoms with Gasteiger partial charge in [-0.3, -0.25) is 9.80 Å². The van der Waals surface area contributed by atoms with Gasteiger partial charge < -0.3 is 9.64 Å². The number of alkyl halides is 2. The maximum Gasteiger partial charge on any atom is 0.281 e. The standard InChI is InChI=1S/C24H29F2N5O2/c1-6-8-9-12-29-30(5)21-13-17(3)10-11-19(21)24(32)31(7-2)18(4)16-33-22-15-27-20(14-28-22)23(25)26/h10-15,18,23H,6-7,16H2,1-5H3/b29-12-. The number of amides is 1. The quantitative estimate of drug-likeness (QED) is 0.315. The van der Waals surface area contributed by atoms with Crippen LogP contribution in [-0.2, 0) is 0 Å². The van der Waals surface area contributed by atoms with Crippen LogP contribution in [-0.4, -0.2) is 53.2 Å². The number of hydrogen-bond acceptors (Lipinski definition) is 6. The molecule has 9 heteroatoms. The van der Waals surface area contributed by atoms with Crippen molar-refractivity contribution in [2.75, 3.05) is 25.2 Å². The Balaban J connectivity index is 2.17. The molecule has 176 valence electrons. The Morgan fingerprint density at radius 2 is 2.03 bits per heavy atom. The third-order valence-corrected chi connectivity index (χ3v) is 4.78. The van der Waals surface area contributed by atoms with Gasteiger partial charge in [0.15, 0.2) is 0 Å². The van der Waals surface area contributed by atoms with Crippen LogP contribution in [0, 0.1) is 18.8 Å². The van der Waals surface area contributed by atoms with E-state index in [1.165, 1.54) is 6.21 Å². The second-order valence-electron chi connectivity index (χ2n) is 7.29. The molecule has 33 heavy (non-hydrogen) atoms. The monoisotopic (exact) mass is 457 g/mol. The summed E-state index contributed by atoms with van der Waals surface area (Å²) in [6, 6.07) is 5.24. The Bertz CT molecular complexity index is 1020. The van der Waals surface area contributed by atoms with Crippen molar-refractivity contribution in [3.05, 3.63) is 47.4 Å². The van der Waals surface area contributed by atoms with Gasteiger partial charge in [-0.15, -0.1) is 0 Å². The highest BCUT2D eigenvalue weighted by atomic mass is 19.3. The summed E-state index contributed by atoms with van der Waals surface area (Å²) in [7, 11) is 1.76. The molecule has 7 nitrogen and oxygen atoms in total. The number of nitrogens with zero attached hydrogens (tertiary/aromatic N) is 5. The van der Waals surface area contributed by atoms with E-state index in [1.807, 2.05) is 39.8 Å². The van der Waals surface area contributed by atoms with Gasteiger partial charge in [-0.05, 0) is 38.5 Å². The number of aryl methyl sites for hydroxylation is 1. The summed E-state index contributed by atoms with van der Waals surface area (Å²) in [5, 5.41) is 5.94. The van der Waals surface area contributed by atoms with Crippen LogP contribution in [0.4, 0.5) is 14.5 Å². The van der Waals surface area contributed by atoms with E-state index in [2.05, 4.69) is 26.9 Å². The highest BCUT2D eigenvalue weighted by Crippen LogP contribution is 2.24. The molecule has 1 atom stereocenters. The zero-order chi connectivity index (χ0) is 24.4. The zero-order valence-corrected chi connectivity index (χ0v) is 19.5. The van der Waals surface area contributed by atoms with E-state index in [1.54, 1.807) is 23.0 Å². The van der Waals surface area contributed by atoms with E-state index in [4.69, 9.17) is 4.74 Å². The van der Waals surface area contributed by atoms with Gasteiger partial charge in [0, 0.05) is 20.0 Å². The molecular weight excluding hydrogens is 428 g/mol. The zero-order valence-electron chi connectivity index (χ0n) is 19.5. The smallest absolute Gasteiger partial charge is 0.281 e. The molecule has 0 spiro atoms. The SMILES string of the molecule is CCC#C/C=N\N(C)c1cc(C)ccc1C(=O)N(CC)C(C)COc1cnc(C(F)F)cn1. The van der Waals surface area contributed by atoms with Gasteiger partial charge in [0.05, 0.1) is 35.9 Å². The first-order valence-electron chi connectivity index (χ1n) is 10.7. The second-order valence-corrected chi connectivity index (χ2v) is 7.29. The average Bonchev–Trinajstić information content (AvgIpc) is 2.80. The summed E-state index contributed by atoms with van der Waals surface area (Å²) in [5.41, 5.74) is 1.74. The molecule has 1 unspecified atom stereocenters. The third kappa shape index (κ3) is 7.24. The van der Waals surface area contributed by atoms with E-state index in [-0.39, 0.29) is 24.4 Å². The Labute approximate surface area is 193 Å². The number of hydrazone groups is 1. The van der Waals surface area contributed by atoms with Crippen LogP contribution < -0.4 is 9.75 Å². The third-order valence-electron chi connectivity index (χ3n) is 4.78. The van der Waals surface area contributed by atoms with Crippen molar-refractivity contribution in [2.45, 2.75) is 46.6 Å². The molecule has 1 aromatic carbocycles. The fourth-order valence-electron chi connectivity index (χ4n) is 3.04. The Hall–Kier alpha value is -3.54. The molecular formula is C24H29F2N5O2. The number of halogens is 2. The largest absolute Gasteiger partial charge is 0.474 e. The lowest BCUT2D eigenvalue weighted by molar-refractivity contribution is 0.0646. The molecule has 2 rings (SSSR count). The van der Waals surface area contributed by atoms with E-state index < -0.39 is 12.1 Å². The molecule has 0 saturated carbocycles. The lowest BCUT2D eigenvalue weighted by Gasteiger charge is -2.29. The van der Waals surface area contributed by atoms with E-state index in [0.717, 1.165) is 24.4 Å². The average molecular weight is 458 g/mol. The van der Waals surface area contributed by atoms with Crippen LogP contribution in [0.5, 0.6) is 5.88 Å². The van der Waals surface area contributed by atoms with Crippen molar-refractivity contribution < 1.29 is 18.3 Å². The summed E-state index contributed by atoms with van der Waals surface area (Å²) in [4.78, 5) is 22.6. The molecule has 2 aromatic rings. The minimum Gasteiger partial charge on any atom is -0.474 e. The minimum absolute atomic E-state index is 0.119. The van der Waals surface area contributed by atoms with Crippen LogP contribution in [0.3, 0.4) is 0 Å². The molecule has 0 fully saturated rings. The van der Waals surface area contributed by atoms with E-state index in [0.29, 0.717) is 17.8 Å². The van der Waals surface area contributed by atoms with Gasteiger partial charge >= 0.3 is 0 Å². The summed E-state index contributed by atoms with van der Waals surface area (Å²) >= 11 is 0. The fraction of sp³-hybridized carbons (Fsp3) is 0.417. The highest BCUT2D eigenvalue weighted by molar-refractivity contribution is 6.00. The van der Waals surface area contributed by atoms with Gasteiger partial charge in [0.1, 0.15) is 12.3 Å². The van der Waals surface area contributed by atoms with Crippen molar-refractivity contribution in [3.63, 3.8) is 0 Å². The number of benzene rings is 1. The first-order chi connectivity index (χ1) is 15.8. The maximum atomic E-state index is 13.4. The number of ether oxygens (including phenoxy) is 1. The van der Waals surface area contributed by atoms with Gasteiger partial charge in [-0.25, -0.2) is 18.7 Å². The van der Waals surface area contributed by atoms with Gasteiger partial charge in [0.25, 0.3) is 12.3 Å². The summed E-state index contributed by atoms with van der Waals surface area (Å²) in [6.45, 7) is 8.20. The van der Waals surface area contributed by atoms with Crippen LogP contribution in [0.1, 0.15) is 55.2 Å². The Morgan fingerprint density at radius 1 is 1.27 bits per heavy atom. The number of anilines is 1. The van der Waals surface area contributed by atoms with Crippen molar-refractivity contribution in [3.8, 4) is 17.7 Å². The molecule has 0 radical (unpaired) electrons. The lowest BCUT2D eigenvalue weighted by atomic mass is 10.1. The number of hydrogen-bond donors (Lipinski definition) is 0. The van der Waals surface area contributed by atoms with Crippen LogP contribution in [0.25, 0.3) is 0 Å². The maximum absolute atomic E-state index is 13.4. The first-order valence-corrected chi connectivity index (χ1v) is 10.7. The molecule has 0 aliphatic rings. The van der Waals surface area contributed by atoms with Crippen LogP contribution in [0.2, 0.25) is 0 Å². The minimum atomic E-state index is -2.69. The fourth-order valence-corrected chi connectivity index (χ4v) is 3.04. The van der Waals surface area contributed by atoms with Gasteiger partial charge in [-0.2, -0.15) is 5.10 Å². The Morgan fingerprint density at radius 3 is 2.64 bits per heavy atom. The number of aromatic nitrogens is 2. The van der Waals surface area contributed by atoms with Gasteiger partial charge in [0.2, 0.25) is 5.88 Å². The molecule has 0 aliphatic heterocycles. The van der Waals surface area contributed by atoms with E-state index in [9.17, 15) is 13.6 Å². The predicted molar refractivity (Wildman–Crippen MR) is 125 cm³/mol. The van der Waals surface area contributed by atoms with Crippen molar-refractivity contribution in [2.24, 2.45) is 5.10 Å². The summed E-state index contributed by atoms with van der Waals surface area (Å²) in [5.74, 6) is 5.71. The molecule has 0 aliphatic carbocycles. The number of rotatable bonds is 9. The van der Waals surface area contributed by atoms with Gasteiger partial charge in [-0.1, -0.05) is 24.8 Å². The number of carbonyl (C=O) groups is 1.